The predicted octanol–water partition coefficient (Wildman–Crippen LogP) is 3.96. The highest BCUT2D eigenvalue weighted by Crippen LogP contribution is 2.28. The van der Waals surface area contributed by atoms with E-state index in [2.05, 4.69) is 33.8 Å². The number of hydrogen-bond donors (Lipinski definition) is 0. The van der Waals surface area contributed by atoms with Gasteiger partial charge in [0.25, 0.3) is 0 Å². The fourth-order valence-corrected chi connectivity index (χ4v) is 1.92. The molecule has 1 aromatic carbocycles. The van der Waals surface area contributed by atoms with Crippen molar-refractivity contribution in [3.05, 3.63) is 28.3 Å². The van der Waals surface area contributed by atoms with Crippen molar-refractivity contribution in [1.29, 1.82) is 0 Å². The molecule has 0 radical (unpaired) electrons. The van der Waals surface area contributed by atoms with Crippen molar-refractivity contribution in [3.63, 3.8) is 0 Å². The van der Waals surface area contributed by atoms with E-state index in [1.54, 1.807) is 7.11 Å². The minimum absolute atomic E-state index is 1.03. The Morgan fingerprint density at radius 2 is 1.73 bits per heavy atom. The van der Waals surface area contributed by atoms with Crippen molar-refractivity contribution in [1.82, 2.24) is 0 Å². The van der Waals surface area contributed by atoms with Gasteiger partial charge in [0.2, 0.25) is 0 Å². The topological polar surface area (TPSA) is 9.23 Å². The number of hydrogen-bond acceptors (Lipinski definition) is 1. The number of methoxy groups -OCH3 is 1. The summed E-state index contributed by atoms with van der Waals surface area (Å²) in [7, 11) is 1.75. The van der Waals surface area contributed by atoms with Gasteiger partial charge in [0, 0.05) is 0 Å². The van der Waals surface area contributed by atoms with Gasteiger partial charge in [0.15, 0.2) is 0 Å². The summed E-state index contributed by atoms with van der Waals surface area (Å²) in [5, 5.41) is 0. The molecule has 0 atom stereocenters. The molecule has 0 aliphatic carbocycles. The molecular formula is C14H22O. The lowest BCUT2D eigenvalue weighted by molar-refractivity contribution is 0.410. The average molecular weight is 206 g/mol. The van der Waals surface area contributed by atoms with E-state index in [-0.39, 0.29) is 0 Å². The SMILES string of the molecule is CCCCc1cc(OC)c(C)c(C)c1C. The fraction of sp³-hybridized carbons (Fsp3) is 0.571. The third-order valence-electron chi connectivity index (χ3n) is 3.30. The van der Waals surface area contributed by atoms with Gasteiger partial charge in [-0.05, 0) is 61.9 Å². The third-order valence-corrected chi connectivity index (χ3v) is 3.30. The van der Waals surface area contributed by atoms with E-state index in [0.717, 1.165) is 5.75 Å². The highest BCUT2D eigenvalue weighted by molar-refractivity contribution is 5.47. The predicted molar refractivity (Wildman–Crippen MR) is 65.8 cm³/mol. The van der Waals surface area contributed by atoms with E-state index in [1.165, 1.54) is 41.5 Å². The van der Waals surface area contributed by atoms with Crippen LogP contribution in [0.3, 0.4) is 0 Å². The lowest BCUT2D eigenvalue weighted by Crippen LogP contribution is -1.98. The quantitative estimate of drug-likeness (QED) is 0.724. The first-order valence-electron chi connectivity index (χ1n) is 5.75. The summed E-state index contributed by atoms with van der Waals surface area (Å²) in [5.41, 5.74) is 5.52. The first kappa shape index (κ1) is 12.1. The Balaban J connectivity index is 3.11. The Labute approximate surface area is 93.5 Å². The zero-order chi connectivity index (χ0) is 11.4. The van der Waals surface area contributed by atoms with Gasteiger partial charge in [-0.1, -0.05) is 13.3 Å². The van der Waals surface area contributed by atoms with E-state index >= 15 is 0 Å². The van der Waals surface area contributed by atoms with Crippen molar-refractivity contribution in [2.45, 2.75) is 47.0 Å². The van der Waals surface area contributed by atoms with Gasteiger partial charge in [-0.2, -0.15) is 0 Å². The van der Waals surface area contributed by atoms with Crippen LogP contribution in [0.1, 0.15) is 42.0 Å². The summed E-state index contributed by atoms with van der Waals surface area (Å²) in [6, 6.07) is 2.20. The van der Waals surface area contributed by atoms with Crippen molar-refractivity contribution in [2.24, 2.45) is 0 Å². The van der Waals surface area contributed by atoms with E-state index in [4.69, 9.17) is 4.74 Å². The van der Waals surface area contributed by atoms with Crippen LogP contribution in [0.4, 0.5) is 0 Å². The molecule has 0 aliphatic heterocycles. The first-order chi connectivity index (χ1) is 7.11. The summed E-state index contributed by atoms with van der Waals surface area (Å²) in [5.74, 6) is 1.03. The van der Waals surface area contributed by atoms with E-state index in [9.17, 15) is 0 Å². The van der Waals surface area contributed by atoms with Crippen LogP contribution in [0.15, 0.2) is 6.07 Å². The van der Waals surface area contributed by atoms with Gasteiger partial charge in [-0.15, -0.1) is 0 Å². The second-order valence-corrected chi connectivity index (χ2v) is 4.22. The normalized spacial score (nSPS) is 10.5. The van der Waals surface area contributed by atoms with Crippen LogP contribution >= 0.6 is 0 Å². The molecule has 0 bridgehead atoms. The molecule has 0 unspecified atom stereocenters. The summed E-state index contributed by atoms with van der Waals surface area (Å²) < 4.78 is 5.40. The second kappa shape index (κ2) is 5.20. The Morgan fingerprint density at radius 3 is 2.27 bits per heavy atom. The van der Waals surface area contributed by atoms with Crippen LogP contribution in [0.2, 0.25) is 0 Å². The Kier molecular flexibility index (Phi) is 4.19. The molecule has 0 amide bonds. The molecule has 1 aromatic rings. The molecule has 0 aliphatic rings. The van der Waals surface area contributed by atoms with E-state index in [1.807, 2.05) is 0 Å². The van der Waals surface area contributed by atoms with Crippen molar-refractivity contribution >= 4 is 0 Å². The number of benzene rings is 1. The van der Waals surface area contributed by atoms with Gasteiger partial charge >= 0.3 is 0 Å². The van der Waals surface area contributed by atoms with Gasteiger partial charge in [0.05, 0.1) is 7.11 Å². The molecular weight excluding hydrogens is 184 g/mol. The molecule has 0 aromatic heterocycles. The maximum atomic E-state index is 5.40. The highest BCUT2D eigenvalue weighted by atomic mass is 16.5. The molecule has 0 saturated heterocycles. The zero-order valence-electron chi connectivity index (χ0n) is 10.6. The van der Waals surface area contributed by atoms with Crippen LogP contribution in [0.5, 0.6) is 5.75 Å². The van der Waals surface area contributed by atoms with E-state index < -0.39 is 0 Å². The summed E-state index contributed by atoms with van der Waals surface area (Å²) in [6.45, 7) is 8.76. The largest absolute Gasteiger partial charge is 0.496 e. The molecule has 1 nitrogen and oxygen atoms in total. The molecule has 0 fully saturated rings. The first-order valence-corrected chi connectivity index (χ1v) is 5.75. The van der Waals surface area contributed by atoms with Crippen molar-refractivity contribution in [2.75, 3.05) is 7.11 Å². The molecule has 1 rings (SSSR count). The summed E-state index contributed by atoms with van der Waals surface area (Å²) in [4.78, 5) is 0. The Morgan fingerprint density at radius 1 is 1.07 bits per heavy atom. The average Bonchev–Trinajstić information content (AvgIpc) is 2.25. The van der Waals surface area contributed by atoms with Crippen LogP contribution in [0, 0.1) is 20.8 Å². The lowest BCUT2D eigenvalue weighted by atomic mass is 9.95. The van der Waals surface area contributed by atoms with E-state index in [0.29, 0.717) is 0 Å². The van der Waals surface area contributed by atoms with Crippen LogP contribution in [-0.2, 0) is 6.42 Å². The molecule has 0 heterocycles. The minimum Gasteiger partial charge on any atom is -0.496 e. The Hall–Kier alpha value is -0.980. The van der Waals surface area contributed by atoms with Gasteiger partial charge in [0.1, 0.15) is 5.75 Å². The summed E-state index contributed by atoms with van der Waals surface area (Å²) >= 11 is 0. The zero-order valence-corrected chi connectivity index (χ0v) is 10.6. The number of unbranched alkanes of at least 4 members (excludes halogenated alkanes) is 1. The highest BCUT2D eigenvalue weighted by Gasteiger charge is 2.09. The van der Waals surface area contributed by atoms with Crippen molar-refractivity contribution in [3.8, 4) is 5.75 Å². The van der Waals surface area contributed by atoms with Crippen LogP contribution in [0.25, 0.3) is 0 Å². The van der Waals surface area contributed by atoms with Crippen molar-refractivity contribution < 1.29 is 4.74 Å². The fourth-order valence-electron chi connectivity index (χ4n) is 1.92. The van der Waals surface area contributed by atoms with Crippen LogP contribution in [-0.4, -0.2) is 7.11 Å². The maximum Gasteiger partial charge on any atom is 0.122 e. The second-order valence-electron chi connectivity index (χ2n) is 4.22. The van der Waals surface area contributed by atoms with Gasteiger partial charge in [-0.25, -0.2) is 0 Å². The van der Waals surface area contributed by atoms with Gasteiger partial charge in [-0.3, -0.25) is 0 Å². The third kappa shape index (κ3) is 2.53. The summed E-state index contributed by atoms with van der Waals surface area (Å²) in [6.07, 6.45) is 3.67. The molecule has 0 spiro atoms. The molecule has 0 saturated carbocycles. The minimum atomic E-state index is 1.03. The standard InChI is InChI=1S/C14H22O/c1-6-7-8-13-9-14(15-5)12(4)10(2)11(13)3/h9H,6-8H2,1-5H3. The van der Waals surface area contributed by atoms with Gasteiger partial charge < -0.3 is 4.74 Å². The monoisotopic (exact) mass is 206 g/mol. The smallest absolute Gasteiger partial charge is 0.122 e. The molecule has 84 valence electrons. The lowest BCUT2D eigenvalue weighted by Gasteiger charge is -2.15. The number of aryl methyl sites for hydroxylation is 1. The maximum absolute atomic E-state index is 5.40. The molecule has 0 N–H and O–H groups in total. The number of rotatable bonds is 4. The Bertz CT molecular complexity index is 340. The number of ether oxygens (including phenoxy) is 1. The molecule has 1 heteroatoms. The van der Waals surface area contributed by atoms with Crippen LogP contribution < -0.4 is 4.74 Å². The molecule has 15 heavy (non-hydrogen) atoms.